The SMILES string of the molecule is COCCC(C)(C)CNc1cc(N)ccc1C(N)=O. The number of methoxy groups -OCH3 is 1. The van der Waals surface area contributed by atoms with Gasteiger partial charge in [0.25, 0.3) is 5.91 Å². The highest BCUT2D eigenvalue weighted by Gasteiger charge is 2.18. The molecule has 0 unspecified atom stereocenters. The normalized spacial score (nSPS) is 11.3. The van der Waals surface area contributed by atoms with E-state index in [1.165, 1.54) is 0 Å². The molecule has 19 heavy (non-hydrogen) atoms. The molecule has 0 radical (unpaired) electrons. The Hall–Kier alpha value is -1.75. The lowest BCUT2D eigenvalue weighted by molar-refractivity contribution is 0.100. The predicted octanol–water partition coefficient (Wildman–Crippen LogP) is 1.84. The minimum Gasteiger partial charge on any atom is -0.399 e. The molecule has 0 aromatic heterocycles. The highest BCUT2D eigenvalue weighted by atomic mass is 16.5. The van der Waals surface area contributed by atoms with Crippen LogP contribution in [0.2, 0.25) is 0 Å². The summed E-state index contributed by atoms with van der Waals surface area (Å²) >= 11 is 0. The lowest BCUT2D eigenvalue weighted by Crippen LogP contribution is -2.26. The van der Waals surface area contributed by atoms with Crippen LogP contribution in [-0.2, 0) is 4.74 Å². The maximum Gasteiger partial charge on any atom is 0.250 e. The van der Waals surface area contributed by atoms with E-state index in [0.717, 1.165) is 6.42 Å². The van der Waals surface area contributed by atoms with Crippen molar-refractivity contribution < 1.29 is 9.53 Å². The molecule has 0 heterocycles. The molecule has 0 saturated carbocycles. The molecule has 1 amide bonds. The van der Waals surface area contributed by atoms with Gasteiger partial charge in [0.2, 0.25) is 0 Å². The number of ether oxygens (including phenoxy) is 1. The molecule has 0 aliphatic carbocycles. The van der Waals surface area contributed by atoms with Crippen LogP contribution in [0.3, 0.4) is 0 Å². The van der Waals surface area contributed by atoms with E-state index < -0.39 is 5.91 Å². The van der Waals surface area contributed by atoms with E-state index in [-0.39, 0.29) is 5.41 Å². The average molecular weight is 265 g/mol. The molecular weight excluding hydrogens is 242 g/mol. The average Bonchev–Trinajstić information content (AvgIpc) is 2.34. The Bertz CT molecular complexity index is 444. The van der Waals surface area contributed by atoms with Crippen molar-refractivity contribution in [2.45, 2.75) is 20.3 Å². The molecule has 1 aromatic carbocycles. The molecule has 0 spiro atoms. The number of carbonyl (C=O) groups is 1. The van der Waals surface area contributed by atoms with Crippen LogP contribution in [0.1, 0.15) is 30.6 Å². The van der Waals surface area contributed by atoms with E-state index in [0.29, 0.717) is 30.1 Å². The molecule has 0 aliphatic rings. The van der Waals surface area contributed by atoms with E-state index in [9.17, 15) is 4.79 Å². The van der Waals surface area contributed by atoms with Crippen LogP contribution < -0.4 is 16.8 Å². The number of nitrogens with two attached hydrogens (primary N) is 2. The zero-order valence-electron chi connectivity index (χ0n) is 11.8. The van der Waals surface area contributed by atoms with Crippen LogP contribution in [0.25, 0.3) is 0 Å². The number of amides is 1. The fraction of sp³-hybridized carbons (Fsp3) is 0.500. The molecular formula is C14H23N3O2. The first-order valence-electron chi connectivity index (χ1n) is 6.28. The molecule has 0 aliphatic heterocycles. The third-order valence-corrected chi connectivity index (χ3v) is 3.05. The van der Waals surface area contributed by atoms with Gasteiger partial charge in [-0.25, -0.2) is 0 Å². The largest absolute Gasteiger partial charge is 0.399 e. The second-order valence-electron chi connectivity index (χ2n) is 5.43. The van der Waals surface area contributed by atoms with Gasteiger partial charge in [-0.05, 0) is 30.0 Å². The zero-order valence-corrected chi connectivity index (χ0v) is 11.8. The van der Waals surface area contributed by atoms with Crippen LogP contribution in [0, 0.1) is 5.41 Å². The van der Waals surface area contributed by atoms with Gasteiger partial charge in [-0.2, -0.15) is 0 Å². The first-order valence-corrected chi connectivity index (χ1v) is 6.28. The van der Waals surface area contributed by atoms with Crippen LogP contribution in [0.5, 0.6) is 0 Å². The Morgan fingerprint density at radius 3 is 2.68 bits per heavy atom. The second-order valence-corrected chi connectivity index (χ2v) is 5.43. The molecule has 1 rings (SSSR count). The second kappa shape index (κ2) is 6.43. The number of hydrogen-bond donors (Lipinski definition) is 3. The minimum absolute atomic E-state index is 0.0511. The summed E-state index contributed by atoms with van der Waals surface area (Å²) in [6.07, 6.45) is 0.921. The summed E-state index contributed by atoms with van der Waals surface area (Å²) in [5.74, 6) is -0.461. The molecule has 0 bridgehead atoms. The van der Waals surface area contributed by atoms with E-state index in [2.05, 4.69) is 19.2 Å². The fourth-order valence-electron chi connectivity index (χ4n) is 1.72. The summed E-state index contributed by atoms with van der Waals surface area (Å²) in [6.45, 7) is 5.68. The molecule has 0 saturated heterocycles. The van der Waals surface area contributed by atoms with Gasteiger partial charge in [-0.15, -0.1) is 0 Å². The van der Waals surface area contributed by atoms with Crippen molar-refractivity contribution in [3.05, 3.63) is 23.8 Å². The van der Waals surface area contributed by atoms with Crippen LogP contribution in [0.4, 0.5) is 11.4 Å². The third kappa shape index (κ3) is 4.79. The van der Waals surface area contributed by atoms with E-state index >= 15 is 0 Å². The lowest BCUT2D eigenvalue weighted by atomic mass is 9.89. The molecule has 106 valence electrons. The maximum absolute atomic E-state index is 11.4. The molecule has 5 heteroatoms. The lowest BCUT2D eigenvalue weighted by Gasteiger charge is -2.25. The monoisotopic (exact) mass is 265 g/mol. The molecule has 5 N–H and O–H groups in total. The van der Waals surface area contributed by atoms with Gasteiger partial charge in [0.1, 0.15) is 0 Å². The van der Waals surface area contributed by atoms with Gasteiger partial charge >= 0.3 is 0 Å². The molecule has 5 nitrogen and oxygen atoms in total. The van der Waals surface area contributed by atoms with E-state index in [1.54, 1.807) is 25.3 Å². The number of carbonyl (C=O) groups excluding carboxylic acids is 1. The van der Waals surface area contributed by atoms with Crippen molar-refractivity contribution in [3.8, 4) is 0 Å². The highest BCUT2D eigenvalue weighted by Crippen LogP contribution is 2.24. The molecule has 0 atom stereocenters. The highest BCUT2D eigenvalue weighted by molar-refractivity contribution is 5.99. The number of nitrogen functional groups attached to an aromatic ring is 1. The third-order valence-electron chi connectivity index (χ3n) is 3.05. The van der Waals surface area contributed by atoms with Crippen molar-refractivity contribution in [2.24, 2.45) is 11.1 Å². The summed E-state index contributed by atoms with van der Waals surface area (Å²) < 4.78 is 5.09. The summed E-state index contributed by atoms with van der Waals surface area (Å²) in [5, 5.41) is 3.25. The van der Waals surface area contributed by atoms with Gasteiger partial charge in [-0.1, -0.05) is 13.8 Å². The fourth-order valence-corrected chi connectivity index (χ4v) is 1.72. The van der Waals surface area contributed by atoms with Crippen LogP contribution >= 0.6 is 0 Å². The summed E-state index contributed by atoms with van der Waals surface area (Å²) in [4.78, 5) is 11.4. The van der Waals surface area contributed by atoms with Crippen molar-refractivity contribution in [2.75, 3.05) is 31.3 Å². The topological polar surface area (TPSA) is 90.4 Å². The van der Waals surface area contributed by atoms with Crippen molar-refractivity contribution in [3.63, 3.8) is 0 Å². The van der Waals surface area contributed by atoms with Crippen molar-refractivity contribution in [1.29, 1.82) is 0 Å². The maximum atomic E-state index is 11.4. The Labute approximate surface area is 114 Å². The number of anilines is 2. The zero-order chi connectivity index (χ0) is 14.5. The Kier molecular flexibility index (Phi) is 5.18. The number of nitrogens with one attached hydrogen (secondary N) is 1. The summed E-state index contributed by atoms with van der Waals surface area (Å²) in [7, 11) is 1.69. The summed E-state index contributed by atoms with van der Waals surface area (Å²) in [6, 6.07) is 5.04. The quantitative estimate of drug-likeness (QED) is 0.656. The standard InChI is InChI=1S/C14H23N3O2/c1-14(2,6-7-19-3)9-17-12-8-10(15)4-5-11(12)13(16)18/h4-5,8,17H,6-7,9,15H2,1-3H3,(H2,16,18). The smallest absolute Gasteiger partial charge is 0.250 e. The summed E-state index contributed by atoms with van der Waals surface area (Å²) in [5.41, 5.74) is 12.9. The molecule has 1 aromatic rings. The van der Waals surface area contributed by atoms with Crippen LogP contribution in [-0.4, -0.2) is 26.2 Å². The van der Waals surface area contributed by atoms with Gasteiger partial charge in [0.05, 0.1) is 5.56 Å². The predicted molar refractivity (Wildman–Crippen MR) is 78.1 cm³/mol. The molecule has 0 fully saturated rings. The number of hydrogen-bond acceptors (Lipinski definition) is 4. The minimum atomic E-state index is -0.461. The first kappa shape index (κ1) is 15.3. The van der Waals surface area contributed by atoms with E-state index in [4.69, 9.17) is 16.2 Å². The van der Waals surface area contributed by atoms with Crippen molar-refractivity contribution in [1.82, 2.24) is 0 Å². The Morgan fingerprint density at radius 1 is 1.42 bits per heavy atom. The van der Waals surface area contributed by atoms with Crippen molar-refractivity contribution >= 4 is 17.3 Å². The van der Waals surface area contributed by atoms with Gasteiger partial charge in [0.15, 0.2) is 0 Å². The first-order chi connectivity index (χ1) is 8.85. The van der Waals surface area contributed by atoms with Crippen LogP contribution in [0.15, 0.2) is 18.2 Å². The van der Waals surface area contributed by atoms with E-state index in [1.807, 2.05) is 0 Å². The Morgan fingerprint density at radius 2 is 2.11 bits per heavy atom. The van der Waals surface area contributed by atoms with Gasteiger partial charge in [0, 0.05) is 31.6 Å². The number of rotatable bonds is 7. The number of benzene rings is 1. The Balaban J connectivity index is 2.76. The van der Waals surface area contributed by atoms with Gasteiger partial charge in [-0.3, -0.25) is 4.79 Å². The number of primary amides is 1. The van der Waals surface area contributed by atoms with Gasteiger partial charge < -0.3 is 21.5 Å².